The average Bonchev–Trinajstić information content (AvgIpc) is 3.52. The van der Waals surface area contributed by atoms with E-state index in [-0.39, 0.29) is 18.4 Å². The van der Waals surface area contributed by atoms with Crippen molar-refractivity contribution in [3.05, 3.63) is 111 Å². The molecule has 1 aliphatic heterocycles. The van der Waals surface area contributed by atoms with E-state index in [9.17, 15) is 15.0 Å². The van der Waals surface area contributed by atoms with Crippen LogP contribution in [0.15, 0.2) is 94.7 Å². The molecule has 0 fully saturated rings. The molecule has 0 spiro atoms. The van der Waals surface area contributed by atoms with Crippen LogP contribution in [0.25, 0.3) is 0 Å². The van der Waals surface area contributed by atoms with Gasteiger partial charge in [-0.15, -0.1) is 5.10 Å². The molecule has 3 aromatic rings. The van der Waals surface area contributed by atoms with E-state index in [4.69, 9.17) is 0 Å². The van der Waals surface area contributed by atoms with Crippen LogP contribution < -0.4 is 4.90 Å². The van der Waals surface area contributed by atoms with E-state index in [0.717, 1.165) is 34.3 Å². The maximum absolute atomic E-state index is 13.8. The predicted octanol–water partition coefficient (Wildman–Crippen LogP) is 6.67. The maximum Gasteiger partial charge on any atom is 0.264 e. The molecule has 1 aromatic heterocycles. The van der Waals surface area contributed by atoms with Crippen molar-refractivity contribution in [3.8, 4) is 0 Å². The highest BCUT2D eigenvalue weighted by Gasteiger charge is 2.52. The highest BCUT2D eigenvalue weighted by Crippen LogP contribution is 2.46. The number of rotatable bonds is 13. The van der Waals surface area contributed by atoms with Gasteiger partial charge in [0.15, 0.2) is 5.60 Å². The lowest BCUT2D eigenvalue weighted by Gasteiger charge is -2.27. The summed E-state index contributed by atoms with van der Waals surface area (Å²) in [5, 5.41) is 30.4. The average molecular weight is 634 g/mol. The number of nitrogens with zero attached hydrogens (tertiary/aromatic N) is 4. The van der Waals surface area contributed by atoms with Gasteiger partial charge >= 0.3 is 0 Å². The predicted molar refractivity (Wildman–Crippen MR) is 171 cm³/mol. The molecule has 0 radical (unpaired) electrons. The minimum Gasteiger partial charge on any atom is -0.395 e. The zero-order valence-corrected chi connectivity index (χ0v) is 26.5. The van der Waals surface area contributed by atoms with Gasteiger partial charge in [0.2, 0.25) is 0 Å². The summed E-state index contributed by atoms with van der Waals surface area (Å²) in [4.78, 5) is 15.5. The number of aromatic nitrogens is 3. The van der Waals surface area contributed by atoms with Crippen LogP contribution in [-0.2, 0) is 16.9 Å². The quantitative estimate of drug-likeness (QED) is 0.205. The molecule has 222 valence electrons. The monoisotopic (exact) mass is 632 g/mol. The fourth-order valence-electron chi connectivity index (χ4n) is 5.32. The van der Waals surface area contributed by atoms with Gasteiger partial charge in [-0.05, 0) is 63.8 Å². The van der Waals surface area contributed by atoms with Crippen LogP contribution in [0.4, 0.5) is 5.69 Å². The fourth-order valence-corrected chi connectivity index (χ4v) is 5.68. The molecule has 2 aromatic carbocycles. The fraction of sp³-hybridized carbons (Fsp3) is 0.382. The van der Waals surface area contributed by atoms with E-state index in [1.54, 1.807) is 9.58 Å². The van der Waals surface area contributed by atoms with E-state index in [1.165, 1.54) is 11.1 Å². The zero-order valence-electron chi connectivity index (χ0n) is 24.9. The summed E-state index contributed by atoms with van der Waals surface area (Å²) in [6.07, 6.45) is 12.6. The van der Waals surface area contributed by atoms with Gasteiger partial charge in [-0.2, -0.15) is 0 Å². The topological polar surface area (TPSA) is 91.5 Å². The number of carbonyl (C=O) groups excluding carboxylic acids is 1. The first kappa shape index (κ1) is 31.6. The molecule has 3 atom stereocenters. The number of aliphatic hydroxyl groups excluding tert-OH is 1. The van der Waals surface area contributed by atoms with Crippen LogP contribution in [0.5, 0.6) is 0 Å². The molecular weight excluding hydrogens is 592 g/mol. The molecule has 1 aliphatic rings. The largest absolute Gasteiger partial charge is 0.395 e. The molecule has 2 heterocycles. The van der Waals surface area contributed by atoms with Gasteiger partial charge in [0.25, 0.3) is 5.91 Å². The number of amides is 1. The molecule has 0 aliphatic carbocycles. The second kappa shape index (κ2) is 14.2. The Bertz CT molecular complexity index is 1460. The third kappa shape index (κ3) is 7.17. The van der Waals surface area contributed by atoms with E-state index >= 15 is 0 Å². The Hall–Kier alpha value is -3.33. The maximum atomic E-state index is 13.8. The molecule has 8 heteroatoms. The Labute approximate surface area is 257 Å². The third-order valence-corrected chi connectivity index (χ3v) is 8.34. The first-order chi connectivity index (χ1) is 20.1. The number of halogens is 1. The number of aryl methyl sites for hydroxylation is 1. The highest BCUT2D eigenvalue weighted by atomic mass is 79.9. The van der Waals surface area contributed by atoms with Crippen molar-refractivity contribution in [1.82, 2.24) is 15.0 Å². The summed E-state index contributed by atoms with van der Waals surface area (Å²) < 4.78 is 2.57. The van der Waals surface area contributed by atoms with Gasteiger partial charge in [0.05, 0.1) is 23.9 Å². The lowest BCUT2D eigenvalue weighted by molar-refractivity contribution is -0.139. The van der Waals surface area contributed by atoms with Crippen LogP contribution in [-0.4, -0.2) is 44.3 Å². The molecule has 2 N–H and O–H groups in total. The Morgan fingerprint density at radius 1 is 1.10 bits per heavy atom. The summed E-state index contributed by atoms with van der Waals surface area (Å²) in [6.45, 7) is 9.11. The molecule has 1 amide bonds. The normalized spacial score (nSPS) is 18.4. The highest BCUT2D eigenvalue weighted by molar-refractivity contribution is 9.10. The summed E-state index contributed by atoms with van der Waals surface area (Å²) in [7, 11) is 0. The molecule has 0 saturated carbocycles. The van der Waals surface area contributed by atoms with Crippen molar-refractivity contribution in [2.45, 2.75) is 65.0 Å². The Balaban J connectivity index is 1.43. The molecule has 42 heavy (non-hydrogen) atoms. The summed E-state index contributed by atoms with van der Waals surface area (Å²) >= 11 is 3.52. The standard InChI is InChI=1S/C34H41BrN4O3/c1-24(2)11-10-12-25(3)18-20-39-32-17-16-28(35)21-30(32)34(42,33(39)41)26(4)13-8-9-19-38-22-31(36-37-38)29(23-40)27-14-6-5-7-15-27/h5-8,11,13-18,21-22,26,29,40,42H,9-10,12,19-20,23H2,1-4H3/b13-8+,25-18+/t26-,29?,34+/m1/s1. The van der Waals surface area contributed by atoms with Crippen molar-refractivity contribution in [3.63, 3.8) is 0 Å². The number of fused-ring (bicyclic) bond motifs is 1. The Kier molecular flexibility index (Phi) is 10.7. The van der Waals surface area contributed by atoms with Gasteiger partial charge in [0.1, 0.15) is 0 Å². The van der Waals surface area contributed by atoms with Gasteiger partial charge < -0.3 is 15.1 Å². The first-order valence-corrected chi connectivity index (χ1v) is 15.3. The zero-order chi connectivity index (χ0) is 30.3. The van der Waals surface area contributed by atoms with Gasteiger partial charge in [-0.1, -0.05) is 93.8 Å². The number of hydrogen-bond donors (Lipinski definition) is 2. The second-order valence-corrected chi connectivity index (χ2v) is 12.2. The van der Waals surface area contributed by atoms with Crippen molar-refractivity contribution in [1.29, 1.82) is 0 Å². The minimum absolute atomic E-state index is 0.0490. The lowest BCUT2D eigenvalue weighted by atomic mass is 9.83. The Morgan fingerprint density at radius 3 is 2.57 bits per heavy atom. The molecule has 7 nitrogen and oxygen atoms in total. The van der Waals surface area contributed by atoms with Gasteiger partial charge in [-0.3, -0.25) is 9.48 Å². The van der Waals surface area contributed by atoms with Crippen LogP contribution in [0.1, 0.15) is 69.7 Å². The van der Waals surface area contributed by atoms with Crippen molar-refractivity contribution < 1.29 is 15.0 Å². The van der Waals surface area contributed by atoms with Crippen LogP contribution in [0.3, 0.4) is 0 Å². The molecular formula is C34H41BrN4O3. The summed E-state index contributed by atoms with van der Waals surface area (Å²) in [5.41, 5.74) is 3.92. The number of allylic oxidation sites excluding steroid dienone is 4. The van der Waals surface area contributed by atoms with Crippen molar-refractivity contribution >= 4 is 27.5 Å². The van der Waals surface area contributed by atoms with E-state index in [1.807, 2.05) is 73.8 Å². The SMILES string of the molecule is CC(C)=CCC/C(C)=C/CN1C(=O)[C@](O)([C@H](C)/C=C/CCn2cc(C(CO)c3ccccc3)nn2)c2cc(Br)ccc21. The molecule has 1 unspecified atom stereocenters. The van der Waals surface area contributed by atoms with Crippen LogP contribution in [0, 0.1) is 5.92 Å². The molecule has 0 saturated heterocycles. The number of aliphatic hydroxyl groups is 2. The Morgan fingerprint density at radius 2 is 1.86 bits per heavy atom. The number of hydrogen-bond acceptors (Lipinski definition) is 5. The summed E-state index contributed by atoms with van der Waals surface area (Å²) in [5.74, 6) is -0.983. The molecule has 4 rings (SSSR count). The number of anilines is 1. The smallest absolute Gasteiger partial charge is 0.264 e. The van der Waals surface area contributed by atoms with Crippen LogP contribution in [0.2, 0.25) is 0 Å². The molecule has 0 bridgehead atoms. The third-order valence-electron chi connectivity index (χ3n) is 7.85. The minimum atomic E-state index is -1.66. The van der Waals surface area contributed by atoms with E-state index in [0.29, 0.717) is 25.1 Å². The lowest BCUT2D eigenvalue weighted by Crippen LogP contribution is -2.44. The van der Waals surface area contributed by atoms with Gasteiger partial charge in [0, 0.05) is 35.2 Å². The summed E-state index contributed by atoms with van der Waals surface area (Å²) in [6, 6.07) is 15.4. The van der Waals surface area contributed by atoms with Crippen molar-refractivity contribution in [2.24, 2.45) is 5.92 Å². The van der Waals surface area contributed by atoms with Gasteiger partial charge in [-0.25, -0.2) is 0 Å². The number of benzene rings is 2. The van der Waals surface area contributed by atoms with Crippen molar-refractivity contribution in [2.75, 3.05) is 18.1 Å². The number of carbonyl (C=O) groups is 1. The van der Waals surface area contributed by atoms with E-state index < -0.39 is 11.5 Å². The van der Waals surface area contributed by atoms with E-state index in [2.05, 4.69) is 59.2 Å². The van der Waals surface area contributed by atoms with Crippen LogP contribution >= 0.6 is 15.9 Å². The second-order valence-electron chi connectivity index (χ2n) is 11.3. The first-order valence-electron chi connectivity index (χ1n) is 14.5.